The summed E-state index contributed by atoms with van der Waals surface area (Å²) in [6, 6.07) is 13.4. The van der Waals surface area contributed by atoms with Crippen LogP contribution in [-0.4, -0.2) is 23.2 Å². The minimum absolute atomic E-state index is 0.0932. The molecule has 0 spiro atoms. The summed E-state index contributed by atoms with van der Waals surface area (Å²) in [5, 5.41) is 13.6. The van der Waals surface area contributed by atoms with Gasteiger partial charge in [-0.2, -0.15) is 5.10 Å². The van der Waals surface area contributed by atoms with Crippen LogP contribution in [0, 0.1) is 6.92 Å². The third-order valence-electron chi connectivity index (χ3n) is 4.44. The van der Waals surface area contributed by atoms with Crippen LogP contribution >= 0.6 is 0 Å². The molecule has 0 bridgehead atoms. The van der Waals surface area contributed by atoms with Crippen molar-refractivity contribution in [1.82, 2.24) is 15.5 Å². The highest BCUT2D eigenvalue weighted by Crippen LogP contribution is 2.33. The quantitative estimate of drug-likeness (QED) is 0.687. The van der Waals surface area contributed by atoms with Crippen LogP contribution in [0.1, 0.15) is 27.7 Å². The number of methoxy groups -OCH3 is 1. The number of fused-ring (bicyclic) bond motifs is 1. The molecule has 3 N–H and O–H groups in total. The van der Waals surface area contributed by atoms with Crippen LogP contribution in [0.4, 0.5) is 5.69 Å². The van der Waals surface area contributed by atoms with Crippen LogP contribution in [0.5, 0.6) is 5.75 Å². The van der Waals surface area contributed by atoms with Crippen molar-refractivity contribution in [3.8, 4) is 17.0 Å². The summed E-state index contributed by atoms with van der Waals surface area (Å²) in [5.74, 6) is 0.697. The van der Waals surface area contributed by atoms with Gasteiger partial charge >= 0.3 is 0 Å². The summed E-state index contributed by atoms with van der Waals surface area (Å²) in [7, 11) is 1.64. The maximum absolute atomic E-state index is 12.5. The number of anilines is 1. The van der Waals surface area contributed by atoms with Crippen LogP contribution in [0.2, 0.25) is 0 Å². The van der Waals surface area contributed by atoms with Gasteiger partial charge in [0.05, 0.1) is 30.3 Å². The van der Waals surface area contributed by atoms with Gasteiger partial charge in [0.15, 0.2) is 0 Å². The van der Waals surface area contributed by atoms with Crippen molar-refractivity contribution in [2.75, 3.05) is 12.4 Å². The lowest BCUT2D eigenvalue weighted by Gasteiger charge is -2.29. The maximum atomic E-state index is 12.5. The summed E-state index contributed by atoms with van der Waals surface area (Å²) >= 11 is 0. The van der Waals surface area contributed by atoms with Crippen molar-refractivity contribution >= 4 is 11.6 Å². The minimum Gasteiger partial charge on any atom is -0.497 e. The molecule has 1 amide bonds. The SMILES string of the molecule is COc1ccc(-c2[nH]ncc2C2NC(=O)c3cccc(C)c3N2)cc1. The second-order valence-electron chi connectivity index (χ2n) is 5.98. The Labute approximate surface area is 145 Å². The number of aromatic amines is 1. The molecule has 4 rings (SSSR count). The van der Waals surface area contributed by atoms with E-state index >= 15 is 0 Å². The van der Waals surface area contributed by atoms with Gasteiger partial charge < -0.3 is 15.4 Å². The smallest absolute Gasteiger partial charge is 0.255 e. The van der Waals surface area contributed by atoms with Crippen molar-refractivity contribution in [3.05, 3.63) is 65.4 Å². The summed E-state index contributed by atoms with van der Waals surface area (Å²) in [4.78, 5) is 12.5. The summed E-state index contributed by atoms with van der Waals surface area (Å²) in [6.45, 7) is 1.99. The molecule has 126 valence electrons. The normalized spacial score (nSPS) is 15.9. The highest BCUT2D eigenvalue weighted by atomic mass is 16.5. The van der Waals surface area contributed by atoms with E-state index in [1.165, 1.54) is 0 Å². The lowest BCUT2D eigenvalue weighted by atomic mass is 10.0. The summed E-state index contributed by atoms with van der Waals surface area (Å²) in [5.41, 5.74) is 5.26. The fourth-order valence-electron chi connectivity index (χ4n) is 3.10. The predicted molar refractivity (Wildman–Crippen MR) is 95.6 cm³/mol. The zero-order chi connectivity index (χ0) is 17.4. The second-order valence-corrected chi connectivity index (χ2v) is 5.98. The van der Waals surface area contributed by atoms with E-state index in [4.69, 9.17) is 4.74 Å². The third-order valence-corrected chi connectivity index (χ3v) is 4.44. The molecule has 0 saturated carbocycles. The van der Waals surface area contributed by atoms with Crippen LogP contribution in [-0.2, 0) is 0 Å². The number of carbonyl (C=O) groups is 1. The van der Waals surface area contributed by atoms with Crippen molar-refractivity contribution in [3.63, 3.8) is 0 Å². The Morgan fingerprint density at radius 2 is 1.88 bits per heavy atom. The topological polar surface area (TPSA) is 79.0 Å². The van der Waals surface area contributed by atoms with Crippen molar-refractivity contribution < 1.29 is 9.53 Å². The molecule has 1 aromatic heterocycles. The lowest BCUT2D eigenvalue weighted by molar-refractivity contribution is 0.0935. The summed E-state index contributed by atoms with van der Waals surface area (Å²) in [6.07, 6.45) is 1.39. The monoisotopic (exact) mass is 334 g/mol. The number of para-hydroxylation sites is 1. The van der Waals surface area contributed by atoms with Gasteiger partial charge in [-0.3, -0.25) is 9.89 Å². The number of aryl methyl sites for hydroxylation is 1. The van der Waals surface area contributed by atoms with E-state index in [0.29, 0.717) is 5.56 Å². The van der Waals surface area contributed by atoms with E-state index in [9.17, 15) is 4.79 Å². The van der Waals surface area contributed by atoms with Gasteiger partial charge in [-0.05, 0) is 42.8 Å². The van der Waals surface area contributed by atoms with Gasteiger partial charge in [0.1, 0.15) is 11.9 Å². The Kier molecular flexibility index (Phi) is 3.65. The lowest BCUT2D eigenvalue weighted by Crippen LogP contribution is -2.38. The number of benzene rings is 2. The Morgan fingerprint density at radius 3 is 2.64 bits per heavy atom. The molecule has 6 heteroatoms. The van der Waals surface area contributed by atoms with Crippen LogP contribution in [0.15, 0.2) is 48.7 Å². The molecule has 2 heterocycles. The Morgan fingerprint density at radius 1 is 1.08 bits per heavy atom. The van der Waals surface area contributed by atoms with Crippen molar-refractivity contribution in [2.24, 2.45) is 0 Å². The number of rotatable bonds is 3. The summed E-state index contributed by atoms with van der Waals surface area (Å²) < 4.78 is 5.20. The first-order chi connectivity index (χ1) is 12.2. The van der Waals surface area contributed by atoms with E-state index in [1.807, 2.05) is 49.4 Å². The van der Waals surface area contributed by atoms with Gasteiger partial charge in [-0.25, -0.2) is 0 Å². The standard InChI is InChI=1S/C19H18N4O2/c1-11-4-3-5-14-16(11)21-18(22-19(14)24)15-10-20-23-17(15)12-6-8-13(25-2)9-7-12/h3-10,18,21H,1-2H3,(H,20,23)(H,22,24). The molecule has 0 radical (unpaired) electrons. The first-order valence-corrected chi connectivity index (χ1v) is 8.02. The molecule has 1 aliphatic rings. The zero-order valence-electron chi connectivity index (χ0n) is 14.0. The largest absolute Gasteiger partial charge is 0.497 e. The van der Waals surface area contributed by atoms with Crippen LogP contribution in [0.25, 0.3) is 11.3 Å². The number of amides is 1. The molecule has 1 unspecified atom stereocenters. The van der Waals surface area contributed by atoms with E-state index in [0.717, 1.165) is 33.8 Å². The zero-order valence-corrected chi connectivity index (χ0v) is 14.0. The fourth-order valence-corrected chi connectivity index (χ4v) is 3.10. The van der Waals surface area contributed by atoms with Gasteiger partial charge in [-0.15, -0.1) is 0 Å². The number of hydrogen-bond acceptors (Lipinski definition) is 4. The number of nitrogens with one attached hydrogen (secondary N) is 3. The molecule has 0 aliphatic carbocycles. The molecule has 0 saturated heterocycles. The van der Waals surface area contributed by atoms with E-state index in [2.05, 4.69) is 20.8 Å². The highest BCUT2D eigenvalue weighted by molar-refractivity contribution is 6.02. The van der Waals surface area contributed by atoms with Crippen molar-refractivity contribution in [2.45, 2.75) is 13.1 Å². The van der Waals surface area contributed by atoms with Gasteiger partial charge in [0, 0.05) is 11.1 Å². The second kappa shape index (κ2) is 5.98. The predicted octanol–water partition coefficient (Wildman–Crippen LogP) is 3.25. The Balaban J connectivity index is 1.71. The average Bonchev–Trinajstić information content (AvgIpc) is 3.12. The third kappa shape index (κ3) is 2.61. The first kappa shape index (κ1) is 15.3. The van der Waals surface area contributed by atoms with E-state index < -0.39 is 0 Å². The maximum Gasteiger partial charge on any atom is 0.255 e. The van der Waals surface area contributed by atoms with Gasteiger partial charge in [0.2, 0.25) is 0 Å². The molecule has 2 aromatic carbocycles. The Bertz CT molecular complexity index is 931. The number of aromatic nitrogens is 2. The number of ether oxygens (including phenoxy) is 1. The first-order valence-electron chi connectivity index (χ1n) is 8.02. The van der Waals surface area contributed by atoms with Crippen LogP contribution < -0.4 is 15.4 Å². The molecule has 1 aliphatic heterocycles. The van der Waals surface area contributed by atoms with Gasteiger partial charge in [-0.1, -0.05) is 12.1 Å². The van der Waals surface area contributed by atoms with E-state index in [-0.39, 0.29) is 12.1 Å². The van der Waals surface area contributed by atoms with Crippen molar-refractivity contribution in [1.29, 1.82) is 0 Å². The number of carbonyl (C=O) groups excluding carboxylic acids is 1. The number of H-pyrrole nitrogens is 1. The number of nitrogens with zero attached hydrogens (tertiary/aromatic N) is 1. The Hall–Kier alpha value is -3.28. The highest BCUT2D eigenvalue weighted by Gasteiger charge is 2.28. The molecule has 1 atom stereocenters. The molecule has 0 fully saturated rings. The molecule has 6 nitrogen and oxygen atoms in total. The van der Waals surface area contributed by atoms with E-state index in [1.54, 1.807) is 13.3 Å². The minimum atomic E-state index is -0.350. The fraction of sp³-hybridized carbons (Fsp3) is 0.158. The number of hydrogen-bond donors (Lipinski definition) is 3. The van der Waals surface area contributed by atoms with Crippen LogP contribution in [0.3, 0.4) is 0 Å². The molecular weight excluding hydrogens is 316 g/mol. The molecular formula is C19H18N4O2. The average molecular weight is 334 g/mol. The molecule has 3 aromatic rings. The van der Waals surface area contributed by atoms with Gasteiger partial charge in [0.25, 0.3) is 5.91 Å². The molecule has 25 heavy (non-hydrogen) atoms.